The van der Waals surface area contributed by atoms with Crippen LogP contribution in [0.5, 0.6) is 17.2 Å². The Bertz CT molecular complexity index is 1330. The van der Waals surface area contributed by atoms with Crippen molar-refractivity contribution in [1.82, 2.24) is 9.88 Å². The number of benzene rings is 2. The fraction of sp³-hybridized carbons (Fsp3) is 0.429. The van der Waals surface area contributed by atoms with Gasteiger partial charge in [0.05, 0.1) is 5.52 Å². The minimum absolute atomic E-state index is 0.0523. The van der Waals surface area contributed by atoms with Gasteiger partial charge in [-0.3, -0.25) is 14.7 Å². The first-order chi connectivity index (χ1) is 17.5. The van der Waals surface area contributed by atoms with Gasteiger partial charge in [-0.25, -0.2) is 4.39 Å². The van der Waals surface area contributed by atoms with E-state index >= 15 is 4.39 Å². The van der Waals surface area contributed by atoms with Crippen molar-refractivity contribution >= 4 is 22.5 Å². The number of aromatic nitrogens is 1. The zero-order chi connectivity index (χ0) is 24.8. The molecule has 0 N–H and O–H groups in total. The van der Waals surface area contributed by atoms with Gasteiger partial charge in [-0.15, -0.1) is 0 Å². The summed E-state index contributed by atoms with van der Waals surface area (Å²) < 4.78 is 33.3. The summed E-state index contributed by atoms with van der Waals surface area (Å²) in [6, 6.07) is 11.5. The number of hydrogen-bond donors (Lipinski definition) is 0. The third-order valence-corrected chi connectivity index (χ3v) is 7.43. The number of carbonyl (C=O) groups is 1. The number of piperidine rings is 1. The second kappa shape index (κ2) is 9.24. The van der Waals surface area contributed by atoms with Crippen LogP contribution in [0, 0.1) is 18.7 Å². The van der Waals surface area contributed by atoms with Gasteiger partial charge in [0.25, 0.3) is 5.91 Å². The summed E-state index contributed by atoms with van der Waals surface area (Å²) in [6.45, 7) is 5.03. The molecule has 188 valence electrons. The monoisotopic (exact) mass is 491 g/mol. The molecule has 2 atom stereocenters. The summed E-state index contributed by atoms with van der Waals surface area (Å²) in [7, 11) is 1.60. The van der Waals surface area contributed by atoms with Crippen molar-refractivity contribution in [2.45, 2.75) is 32.3 Å². The molecule has 0 bridgehead atoms. The Morgan fingerprint density at radius 2 is 1.97 bits per heavy atom. The van der Waals surface area contributed by atoms with Crippen molar-refractivity contribution in [2.75, 3.05) is 44.8 Å². The Kier molecular flexibility index (Phi) is 5.91. The Hall–Kier alpha value is -3.39. The lowest BCUT2D eigenvalue weighted by Gasteiger charge is -2.36. The number of likely N-dealkylation sites (N-methyl/N-ethyl adjacent to an activating group) is 1. The van der Waals surface area contributed by atoms with Gasteiger partial charge in [0.15, 0.2) is 23.9 Å². The van der Waals surface area contributed by atoms with Crippen LogP contribution in [0.15, 0.2) is 36.4 Å². The second-order valence-electron chi connectivity index (χ2n) is 10.1. The van der Waals surface area contributed by atoms with E-state index in [1.165, 1.54) is 4.90 Å². The number of likely N-dealkylation sites (tertiary alicyclic amines) is 1. The van der Waals surface area contributed by atoms with Gasteiger partial charge in [0, 0.05) is 31.2 Å². The highest BCUT2D eigenvalue weighted by atomic mass is 19.1. The van der Waals surface area contributed by atoms with Gasteiger partial charge in [0.1, 0.15) is 24.1 Å². The maximum absolute atomic E-state index is 15.4. The molecule has 2 aromatic carbocycles. The lowest BCUT2D eigenvalue weighted by molar-refractivity contribution is -0.121. The molecule has 0 spiro atoms. The normalized spacial score (nSPS) is 21.9. The van der Waals surface area contributed by atoms with E-state index in [2.05, 4.69) is 9.88 Å². The maximum atomic E-state index is 15.4. The SMILES string of the molecule is Cc1ccc2c3c(ccc2n1)OCC(CN1CCCC(Cc2ccc4c(c2F)N(C)C(=O)CO4)C1)O3. The van der Waals surface area contributed by atoms with E-state index in [1.54, 1.807) is 19.2 Å². The number of pyridine rings is 1. The minimum Gasteiger partial charge on any atom is -0.486 e. The van der Waals surface area contributed by atoms with Crippen molar-refractivity contribution in [3.8, 4) is 17.2 Å². The van der Waals surface area contributed by atoms with Gasteiger partial charge in [-0.05, 0) is 74.5 Å². The summed E-state index contributed by atoms with van der Waals surface area (Å²) >= 11 is 0. The van der Waals surface area contributed by atoms with Gasteiger partial charge >= 0.3 is 0 Å². The summed E-state index contributed by atoms with van der Waals surface area (Å²) in [5.74, 6) is 1.68. The molecule has 1 saturated heterocycles. The van der Waals surface area contributed by atoms with Crippen LogP contribution < -0.4 is 19.1 Å². The highest BCUT2D eigenvalue weighted by Gasteiger charge is 2.31. The molecule has 2 unspecified atom stereocenters. The first-order valence-electron chi connectivity index (χ1n) is 12.6. The topological polar surface area (TPSA) is 64.1 Å². The molecule has 1 aromatic heterocycles. The third kappa shape index (κ3) is 4.23. The molecule has 0 radical (unpaired) electrons. The summed E-state index contributed by atoms with van der Waals surface area (Å²) in [4.78, 5) is 20.4. The predicted octanol–water partition coefficient (Wildman–Crippen LogP) is 4.13. The molecule has 0 saturated carbocycles. The van der Waals surface area contributed by atoms with Gasteiger partial charge in [-0.1, -0.05) is 6.07 Å². The third-order valence-electron chi connectivity index (χ3n) is 7.43. The zero-order valence-electron chi connectivity index (χ0n) is 20.6. The first kappa shape index (κ1) is 23.0. The van der Waals surface area contributed by atoms with Crippen molar-refractivity contribution in [3.05, 3.63) is 53.5 Å². The highest BCUT2D eigenvalue weighted by molar-refractivity contribution is 5.97. The summed E-state index contributed by atoms with van der Waals surface area (Å²) in [5, 5.41) is 0.967. The van der Waals surface area contributed by atoms with Crippen molar-refractivity contribution in [1.29, 1.82) is 0 Å². The van der Waals surface area contributed by atoms with E-state index in [0.717, 1.165) is 60.6 Å². The molecule has 7 nitrogen and oxygen atoms in total. The number of rotatable bonds is 4. The fourth-order valence-electron chi connectivity index (χ4n) is 5.59. The summed E-state index contributed by atoms with van der Waals surface area (Å²) in [6.07, 6.45) is 2.63. The highest BCUT2D eigenvalue weighted by Crippen LogP contribution is 2.39. The lowest BCUT2D eigenvalue weighted by atomic mass is 9.90. The van der Waals surface area contributed by atoms with Crippen LogP contribution in [0.2, 0.25) is 0 Å². The number of anilines is 1. The number of nitrogens with zero attached hydrogens (tertiary/aromatic N) is 3. The van der Waals surface area contributed by atoms with Crippen molar-refractivity contribution in [3.63, 3.8) is 0 Å². The average Bonchev–Trinajstić information content (AvgIpc) is 2.87. The number of aryl methyl sites for hydroxylation is 1. The smallest absolute Gasteiger partial charge is 0.264 e. The van der Waals surface area contributed by atoms with Crippen LogP contribution in [0.1, 0.15) is 24.1 Å². The average molecular weight is 492 g/mol. The zero-order valence-corrected chi connectivity index (χ0v) is 20.6. The number of hydrogen-bond acceptors (Lipinski definition) is 6. The Labute approximate surface area is 209 Å². The van der Waals surface area contributed by atoms with Gasteiger partial charge in [-0.2, -0.15) is 0 Å². The van der Waals surface area contributed by atoms with E-state index in [0.29, 0.717) is 30.3 Å². The van der Waals surface area contributed by atoms with Crippen molar-refractivity contribution < 1.29 is 23.4 Å². The number of amides is 1. The number of fused-ring (bicyclic) bond motifs is 4. The molecule has 6 rings (SSSR count). The van der Waals surface area contributed by atoms with E-state index < -0.39 is 0 Å². The molecule has 3 aromatic rings. The standard InChI is InChI=1S/C28H30FN3O4/c1-17-5-7-21-22(30-17)8-10-24-28(21)36-20(15-34-24)14-32-11-3-4-18(13-32)12-19-6-9-23-27(26(19)29)31(2)25(33)16-35-23/h5-10,18,20H,3-4,11-16H2,1-2H3. The molecule has 1 amide bonds. The molecular weight excluding hydrogens is 461 g/mol. The summed E-state index contributed by atoms with van der Waals surface area (Å²) in [5.41, 5.74) is 2.75. The minimum atomic E-state index is -0.350. The van der Waals surface area contributed by atoms with Gasteiger partial charge < -0.3 is 19.1 Å². The van der Waals surface area contributed by atoms with Crippen LogP contribution in [-0.4, -0.2) is 61.8 Å². The van der Waals surface area contributed by atoms with Crippen LogP contribution in [0.25, 0.3) is 10.9 Å². The first-order valence-corrected chi connectivity index (χ1v) is 12.6. The molecule has 0 aliphatic carbocycles. The Balaban J connectivity index is 1.13. The van der Waals surface area contributed by atoms with E-state index in [9.17, 15) is 4.79 Å². The van der Waals surface area contributed by atoms with Crippen LogP contribution in [-0.2, 0) is 11.2 Å². The number of halogens is 1. The Morgan fingerprint density at radius 3 is 2.86 bits per heavy atom. The maximum Gasteiger partial charge on any atom is 0.264 e. The molecule has 1 fully saturated rings. The quantitative estimate of drug-likeness (QED) is 0.547. The van der Waals surface area contributed by atoms with Crippen LogP contribution >= 0.6 is 0 Å². The fourth-order valence-corrected chi connectivity index (χ4v) is 5.59. The molecule has 4 heterocycles. The van der Waals surface area contributed by atoms with Crippen molar-refractivity contribution in [2.24, 2.45) is 5.92 Å². The molecular formula is C28H30FN3O4. The van der Waals surface area contributed by atoms with E-state index in [4.69, 9.17) is 14.2 Å². The second-order valence-corrected chi connectivity index (χ2v) is 10.1. The predicted molar refractivity (Wildman–Crippen MR) is 135 cm³/mol. The van der Waals surface area contributed by atoms with E-state index in [1.807, 2.05) is 31.2 Å². The lowest BCUT2D eigenvalue weighted by Crippen LogP contribution is -2.45. The van der Waals surface area contributed by atoms with Crippen LogP contribution in [0.3, 0.4) is 0 Å². The number of carbonyl (C=O) groups excluding carboxylic acids is 1. The Morgan fingerprint density at radius 1 is 1.11 bits per heavy atom. The largest absolute Gasteiger partial charge is 0.486 e. The molecule has 3 aliphatic rings. The van der Waals surface area contributed by atoms with E-state index in [-0.39, 0.29) is 30.1 Å². The van der Waals surface area contributed by atoms with Gasteiger partial charge in [0.2, 0.25) is 0 Å². The number of ether oxygens (including phenoxy) is 3. The molecule has 36 heavy (non-hydrogen) atoms. The molecule has 3 aliphatic heterocycles. The molecule has 8 heteroatoms. The van der Waals surface area contributed by atoms with Crippen LogP contribution in [0.4, 0.5) is 10.1 Å².